The maximum Gasteiger partial charge on any atom is 0.416 e. The lowest BCUT2D eigenvalue weighted by atomic mass is 10.1. The number of hydrogen-bond acceptors (Lipinski definition) is 4. The van der Waals surface area contributed by atoms with Crippen LogP contribution in [0, 0.1) is 5.92 Å². The van der Waals surface area contributed by atoms with E-state index in [9.17, 15) is 18.0 Å². The lowest BCUT2D eigenvalue weighted by Crippen LogP contribution is -2.49. The molecule has 1 amide bonds. The summed E-state index contributed by atoms with van der Waals surface area (Å²) in [4.78, 5) is 16.1. The first-order valence-electron chi connectivity index (χ1n) is 9.59. The molecule has 1 aliphatic rings. The molecular weight excluding hydrogens is 371 g/mol. The maximum atomic E-state index is 13.1. The van der Waals surface area contributed by atoms with E-state index in [1.165, 1.54) is 12.1 Å². The minimum absolute atomic E-state index is 0.0224. The number of halogens is 3. The zero-order valence-electron chi connectivity index (χ0n) is 16.8. The Labute approximate surface area is 164 Å². The highest BCUT2D eigenvalue weighted by molar-refractivity contribution is 5.78. The van der Waals surface area contributed by atoms with Crippen molar-refractivity contribution in [3.05, 3.63) is 35.4 Å². The summed E-state index contributed by atoms with van der Waals surface area (Å²) in [5.74, 6) is 0.345. The van der Waals surface area contributed by atoms with E-state index >= 15 is 0 Å². The average molecular weight is 401 g/mol. The van der Waals surface area contributed by atoms with Gasteiger partial charge in [-0.3, -0.25) is 14.6 Å². The number of nitrogens with one attached hydrogen (secondary N) is 1. The van der Waals surface area contributed by atoms with Crippen molar-refractivity contribution in [2.75, 3.05) is 46.4 Å². The summed E-state index contributed by atoms with van der Waals surface area (Å²) in [6.45, 7) is 8.10. The van der Waals surface area contributed by atoms with Gasteiger partial charge in [-0.25, -0.2) is 0 Å². The van der Waals surface area contributed by atoms with Crippen molar-refractivity contribution >= 4 is 5.91 Å². The molecule has 8 heteroatoms. The van der Waals surface area contributed by atoms with Gasteiger partial charge in [0.1, 0.15) is 0 Å². The second-order valence-electron chi connectivity index (χ2n) is 7.78. The minimum atomic E-state index is -4.40. The van der Waals surface area contributed by atoms with Gasteiger partial charge in [-0.15, -0.1) is 0 Å². The Bertz CT molecular complexity index is 637. The fourth-order valence-electron chi connectivity index (χ4n) is 3.40. The first-order chi connectivity index (χ1) is 13.1. The van der Waals surface area contributed by atoms with E-state index < -0.39 is 11.7 Å². The van der Waals surface area contributed by atoms with E-state index in [-0.39, 0.29) is 30.7 Å². The van der Waals surface area contributed by atoms with Gasteiger partial charge < -0.3 is 10.1 Å². The fraction of sp³-hybridized carbons (Fsp3) is 0.650. The lowest BCUT2D eigenvalue weighted by Gasteiger charge is -2.34. The highest BCUT2D eigenvalue weighted by Gasteiger charge is 2.33. The van der Waals surface area contributed by atoms with Gasteiger partial charge >= 0.3 is 6.18 Å². The number of morpholine rings is 1. The Morgan fingerprint density at radius 1 is 1.36 bits per heavy atom. The first-order valence-corrected chi connectivity index (χ1v) is 9.59. The molecule has 1 aromatic rings. The first kappa shape index (κ1) is 22.6. The van der Waals surface area contributed by atoms with E-state index in [2.05, 4.69) is 24.1 Å². The predicted molar refractivity (Wildman–Crippen MR) is 102 cm³/mol. The van der Waals surface area contributed by atoms with Crippen LogP contribution in [0.15, 0.2) is 24.3 Å². The Morgan fingerprint density at radius 2 is 2.07 bits per heavy atom. The van der Waals surface area contributed by atoms with Gasteiger partial charge in [0.05, 0.1) is 24.8 Å². The molecule has 5 nitrogen and oxygen atoms in total. The molecule has 0 spiro atoms. The molecule has 0 bridgehead atoms. The normalized spacial score (nSPS) is 18.6. The van der Waals surface area contributed by atoms with E-state index in [0.717, 1.165) is 25.7 Å². The summed E-state index contributed by atoms with van der Waals surface area (Å²) < 4.78 is 44.9. The Hall–Kier alpha value is -1.64. The van der Waals surface area contributed by atoms with Crippen LogP contribution >= 0.6 is 0 Å². The van der Waals surface area contributed by atoms with E-state index in [0.29, 0.717) is 19.1 Å². The summed E-state index contributed by atoms with van der Waals surface area (Å²) in [6, 6.07) is 5.44. The molecule has 1 fully saturated rings. The number of carbonyl (C=O) groups is 1. The fourth-order valence-corrected chi connectivity index (χ4v) is 3.40. The molecule has 1 aliphatic heterocycles. The van der Waals surface area contributed by atoms with Crippen LogP contribution in [0.25, 0.3) is 0 Å². The number of hydrogen-bond donors (Lipinski definition) is 1. The Morgan fingerprint density at radius 3 is 2.75 bits per heavy atom. The van der Waals surface area contributed by atoms with Crippen molar-refractivity contribution in [2.45, 2.75) is 32.7 Å². The summed E-state index contributed by atoms with van der Waals surface area (Å²) in [6.07, 6.45) is -4.47. The molecule has 0 radical (unpaired) electrons. The van der Waals surface area contributed by atoms with Crippen LogP contribution in [0.3, 0.4) is 0 Å². The van der Waals surface area contributed by atoms with Gasteiger partial charge in [-0.1, -0.05) is 32.0 Å². The number of rotatable bonds is 8. The van der Waals surface area contributed by atoms with Crippen molar-refractivity contribution in [1.29, 1.82) is 0 Å². The molecule has 28 heavy (non-hydrogen) atoms. The van der Waals surface area contributed by atoms with Crippen LogP contribution in [-0.2, 0) is 22.3 Å². The third-order valence-electron chi connectivity index (χ3n) is 4.55. The van der Waals surface area contributed by atoms with Crippen LogP contribution in [-0.4, -0.2) is 68.2 Å². The third-order valence-corrected chi connectivity index (χ3v) is 4.55. The Balaban J connectivity index is 1.79. The number of likely N-dealkylation sites (N-methyl/N-ethyl adjacent to an activating group) is 1. The number of amides is 1. The van der Waals surface area contributed by atoms with Gasteiger partial charge in [0.2, 0.25) is 5.91 Å². The molecule has 1 heterocycles. The van der Waals surface area contributed by atoms with E-state index in [1.807, 2.05) is 0 Å². The number of nitrogens with zero attached hydrogens (tertiary/aromatic N) is 2. The molecule has 1 N–H and O–H groups in total. The van der Waals surface area contributed by atoms with Crippen molar-refractivity contribution in [3.8, 4) is 0 Å². The summed E-state index contributed by atoms with van der Waals surface area (Å²) in [5.41, 5.74) is -0.506. The molecule has 1 atom stereocenters. The van der Waals surface area contributed by atoms with Crippen molar-refractivity contribution in [3.63, 3.8) is 0 Å². The second-order valence-corrected chi connectivity index (χ2v) is 7.78. The molecule has 0 aromatic heterocycles. The van der Waals surface area contributed by atoms with E-state index in [4.69, 9.17) is 4.74 Å². The van der Waals surface area contributed by atoms with Gasteiger partial charge in [-0.2, -0.15) is 13.2 Å². The lowest BCUT2D eigenvalue weighted by molar-refractivity contribution is -0.138. The number of ether oxygens (including phenoxy) is 1. The predicted octanol–water partition coefficient (Wildman–Crippen LogP) is 2.61. The van der Waals surface area contributed by atoms with Gasteiger partial charge in [0, 0.05) is 32.7 Å². The monoisotopic (exact) mass is 401 g/mol. The smallest absolute Gasteiger partial charge is 0.374 e. The van der Waals surface area contributed by atoms with E-state index in [1.54, 1.807) is 18.0 Å². The van der Waals surface area contributed by atoms with Crippen LogP contribution in [0.2, 0.25) is 0 Å². The molecule has 1 saturated heterocycles. The SMILES string of the molecule is CC(C)CN1CCOC(CNC(=O)CN(C)Cc2ccccc2C(F)(F)F)C1. The topological polar surface area (TPSA) is 44.8 Å². The van der Waals surface area contributed by atoms with Gasteiger partial charge in [0.15, 0.2) is 0 Å². The van der Waals surface area contributed by atoms with Crippen molar-refractivity contribution in [1.82, 2.24) is 15.1 Å². The standard InChI is InChI=1S/C20H30F3N3O2/c1-15(2)11-26-8-9-28-17(13-26)10-24-19(27)14-25(3)12-16-6-4-5-7-18(16)20(21,22)23/h4-7,15,17H,8-14H2,1-3H3,(H,24,27). The van der Waals surface area contributed by atoms with Crippen LogP contribution in [0.1, 0.15) is 25.0 Å². The summed E-state index contributed by atoms with van der Waals surface area (Å²) in [5, 5.41) is 2.83. The second kappa shape index (κ2) is 10.2. The van der Waals surface area contributed by atoms with Gasteiger partial charge in [-0.05, 0) is 24.6 Å². The quantitative estimate of drug-likeness (QED) is 0.727. The minimum Gasteiger partial charge on any atom is -0.374 e. The number of benzene rings is 1. The number of alkyl halides is 3. The molecule has 2 rings (SSSR count). The van der Waals surface area contributed by atoms with Crippen LogP contribution in [0.5, 0.6) is 0 Å². The molecule has 0 saturated carbocycles. The summed E-state index contributed by atoms with van der Waals surface area (Å²) >= 11 is 0. The molecule has 158 valence electrons. The Kier molecular flexibility index (Phi) is 8.27. The van der Waals surface area contributed by atoms with Crippen molar-refractivity contribution < 1.29 is 22.7 Å². The largest absolute Gasteiger partial charge is 0.416 e. The zero-order chi connectivity index (χ0) is 20.7. The zero-order valence-corrected chi connectivity index (χ0v) is 16.8. The highest BCUT2D eigenvalue weighted by Crippen LogP contribution is 2.32. The summed E-state index contributed by atoms with van der Waals surface area (Å²) in [7, 11) is 1.63. The third kappa shape index (κ3) is 7.41. The van der Waals surface area contributed by atoms with Gasteiger partial charge in [0.25, 0.3) is 0 Å². The average Bonchev–Trinajstić information content (AvgIpc) is 2.59. The molecular formula is C20H30F3N3O2. The van der Waals surface area contributed by atoms with Crippen LogP contribution in [0.4, 0.5) is 13.2 Å². The molecule has 1 aromatic carbocycles. The van der Waals surface area contributed by atoms with Crippen molar-refractivity contribution in [2.24, 2.45) is 5.92 Å². The number of carbonyl (C=O) groups excluding carboxylic acids is 1. The maximum absolute atomic E-state index is 13.1. The molecule has 0 aliphatic carbocycles. The van der Waals surface area contributed by atoms with Crippen LogP contribution < -0.4 is 5.32 Å². The highest BCUT2D eigenvalue weighted by atomic mass is 19.4. The molecule has 1 unspecified atom stereocenters.